The molecule has 28 heavy (non-hydrogen) atoms. The molecule has 0 aromatic heterocycles. The highest BCUT2D eigenvalue weighted by molar-refractivity contribution is 7.92. The summed E-state index contributed by atoms with van der Waals surface area (Å²) in [6, 6.07) is 14.3. The van der Waals surface area contributed by atoms with Gasteiger partial charge in [0.2, 0.25) is 15.9 Å². The van der Waals surface area contributed by atoms with E-state index in [2.05, 4.69) is 5.32 Å². The molecule has 8 heteroatoms. The van der Waals surface area contributed by atoms with Crippen LogP contribution in [0.1, 0.15) is 18.9 Å². The average molecular weight is 425 g/mol. The van der Waals surface area contributed by atoms with Gasteiger partial charge in [0.15, 0.2) is 0 Å². The molecule has 2 aromatic carbocycles. The molecule has 0 atom stereocenters. The Balaban J connectivity index is 1.91. The Hall–Kier alpha value is -2.25. The fraction of sp³-hybridized carbons (Fsp3) is 0.350. The van der Waals surface area contributed by atoms with Crippen molar-refractivity contribution in [1.29, 1.82) is 0 Å². The highest BCUT2D eigenvalue weighted by atomic mass is 35.5. The Bertz CT molecular complexity index is 903. The van der Waals surface area contributed by atoms with Crippen LogP contribution >= 0.6 is 11.6 Å². The van der Waals surface area contributed by atoms with E-state index in [0.717, 1.165) is 28.3 Å². The number of rotatable bonds is 10. The summed E-state index contributed by atoms with van der Waals surface area (Å²) in [5.74, 6) is 0.460. The number of aryl methyl sites for hydroxylation is 1. The van der Waals surface area contributed by atoms with Crippen LogP contribution in [0.25, 0.3) is 0 Å². The van der Waals surface area contributed by atoms with Gasteiger partial charge < -0.3 is 10.1 Å². The fourth-order valence-electron chi connectivity index (χ4n) is 2.73. The normalized spacial score (nSPS) is 11.1. The molecule has 1 amide bonds. The van der Waals surface area contributed by atoms with E-state index >= 15 is 0 Å². The number of carbonyl (C=O) groups is 1. The minimum atomic E-state index is -3.65. The van der Waals surface area contributed by atoms with Crippen molar-refractivity contribution in [3.8, 4) is 5.75 Å². The molecule has 1 N–H and O–H groups in total. The third kappa shape index (κ3) is 6.42. The van der Waals surface area contributed by atoms with Crippen molar-refractivity contribution in [3.63, 3.8) is 0 Å². The molecule has 0 heterocycles. The molecule has 152 valence electrons. The lowest BCUT2D eigenvalue weighted by molar-refractivity contribution is -0.119. The van der Waals surface area contributed by atoms with E-state index < -0.39 is 10.0 Å². The van der Waals surface area contributed by atoms with Crippen molar-refractivity contribution in [2.45, 2.75) is 19.8 Å². The van der Waals surface area contributed by atoms with Crippen molar-refractivity contribution in [3.05, 3.63) is 59.1 Å². The smallest absolute Gasteiger partial charge is 0.240 e. The van der Waals surface area contributed by atoms with Gasteiger partial charge in [0.05, 0.1) is 23.6 Å². The van der Waals surface area contributed by atoms with Gasteiger partial charge in [-0.1, -0.05) is 41.9 Å². The summed E-state index contributed by atoms with van der Waals surface area (Å²) < 4.78 is 30.8. The molecule has 0 aliphatic carbocycles. The maximum absolute atomic E-state index is 12.3. The van der Waals surface area contributed by atoms with Crippen LogP contribution in [0.15, 0.2) is 48.5 Å². The standard InChI is InChI=1S/C20H25ClN2O4S/c1-3-27-19-13-7-4-9-16(19)10-8-14-22-20(24)15-23(28(2,25)26)18-12-6-5-11-17(18)21/h4-7,9,11-13H,3,8,10,14-15H2,1-2H3,(H,22,24). The number of nitrogens with one attached hydrogen (secondary N) is 1. The Morgan fingerprint density at radius 1 is 1.14 bits per heavy atom. The second-order valence-electron chi connectivity index (χ2n) is 6.22. The van der Waals surface area contributed by atoms with E-state index in [-0.39, 0.29) is 23.2 Å². The minimum Gasteiger partial charge on any atom is -0.494 e. The maximum atomic E-state index is 12.3. The monoisotopic (exact) mass is 424 g/mol. The molecular weight excluding hydrogens is 400 g/mol. The van der Waals surface area contributed by atoms with Gasteiger partial charge in [-0.3, -0.25) is 9.10 Å². The number of anilines is 1. The zero-order valence-electron chi connectivity index (χ0n) is 16.0. The quantitative estimate of drug-likeness (QED) is 0.594. The lowest BCUT2D eigenvalue weighted by Gasteiger charge is -2.22. The molecule has 0 fully saturated rings. The van der Waals surface area contributed by atoms with Gasteiger partial charge in [0.25, 0.3) is 0 Å². The Morgan fingerprint density at radius 2 is 1.82 bits per heavy atom. The molecule has 0 unspecified atom stereocenters. The van der Waals surface area contributed by atoms with Crippen molar-refractivity contribution < 1.29 is 17.9 Å². The third-order valence-electron chi connectivity index (χ3n) is 4.03. The van der Waals surface area contributed by atoms with Crippen LogP contribution in [-0.4, -0.2) is 40.3 Å². The van der Waals surface area contributed by atoms with Gasteiger partial charge in [-0.25, -0.2) is 8.42 Å². The van der Waals surface area contributed by atoms with Crippen molar-refractivity contribution in [2.24, 2.45) is 0 Å². The molecule has 6 nitrogen and oxygen atoms in total. The van der Waals surface area contributed by atoms with Gasteiger partial charge >= 0.3 is 0 Å². The molecule has 0 aliphatic heterocycles. The summed E-state index contributed by atoms with van der Waals surface area (Å²) in [6.07, 6.45) is 2.51. The minimum absolute atomic E-state index is 0.272. The predicted octanol–water partition coefficient (Wildman–Crippen LogP) is 3.25. The fourth-order valence-corrected chi connectivity index (χ4v) is 3.89. The number of hydrogen-bond acceptors (Lipinski definition) is 4. The highest BCUT2D eigenvalue weighted by Crippen LogP contribution is 2.26. The van der Waals surface area contributed by atoms with Crippen LogP contribution in [0.2, 0.25) is 5.02 Å². The van der Waals surface area contributed by atoms with Crippen LogP contribution in [0, 0.1) is 0 Å². The van der Waals surface area contributed by atoms with Crippen LogP contribution in [0.3, 0.4) is 0 Å². The Morgan fingerprint density at radius 3 is 2.50 bits per heavy atom. The van der Waals surface area contributed by atoms with E-state index in [9.17, 15) is 13.2 Å². The molecule has 2 rings (SSSR count). The summed E-state index contributed by atoms with van der Waals surface area (Å²) in [5, 5.41) is 3.04. The van der Waals surface area contributed by atoms with Crippen molar-refractivity contribution in [2.75, 3.05) is 30.3 Å². The molecule has 0 saturated carbocycles. The van der Waals surface area contributed by atoms with Crippen molar-refractivity contribution in [1.82, 2.24) is 5.32 Å². The second-order valence-corrected chi connectivity index (χ2v) is 8.53. The van der Waals surface area contributed by atoms with Gasteiger partial charge in [-0.2, -0.15) is 0 Å². The lowest BCUT2D eigenvalue weighted by Crippen LogP contribution is -2.40. The zero-order chi connectivity index (χ0) is 20.6. The Kier molecular flexibility index (Phi) is 8.14. The molecular formula is C20H25ClN2O4S. The SMILES string of the molecule is CCOc1ccccc1CCCNC(=O)CN(c1ccccc1Cl)S(C)(=O)=O. The molecule has 0 saturated heterocycles. The molecule has 0 spiro atoms. The number of sulfonamides is 1. The van der Waals surface area contributed by atoms with E-state index in [0.29, 0.717) is 19.6 Å². The number of hydrogen-bond donors (Lipinski definition) is 1. The number of ether oxygens (including phenoxy) is 1. The van der Waals surface area contributed by atoms with Crippen LogP contribution in [-0.2, 0) is 21.2 Å². The average Bonchev–Trinajstić information content (AvgIpc) is 2.64. The number of para-hydroxylation sites is 2. The first-order valence-electron chi connectivity index (χ1n) is 9.02. The second kappa shape index (κ2) is 10.3. The summed E-state index contributed by atoms with van der Waals surface area (Å²) in [5.41, 5.74) is 1.36. The first-order chi connectivity index (χ1) is 13.3. The summed E-state index contributed by atoms with van der Waals surface area (Å²) in [4.78, 5) is 12.3. The van der Waals surface area contributed by atoms with Crippen molar-refractivity contribution >= 4 is 33.2 Å². The van der Waals surface area contributed by atoms with Gasteiger partial charge in [0.1, 0.15) is 12.3 Å². The number of amides is 1. The first-order valence-corrected chi connectivity index (χ1v) is 11.2. The van der Waals surface area contributed by atoms with Crippen LogP contribution < -0.4 is 14.4 Å². The number of carbonyl (C=O) groups excluding carboxylic acids is 1. The predicted molar refractivity (Wildman–Crippen MR) is 113 cm³/mol. The van der Waals surface area contributed by atoms with Crippen LogP contribution in [0.5, 0.6) is 5.75 Å². The van der Waals surface area contributed by atoms with Crippen LogP contribution in [0.4, 0.5) is 5.69 Å². The lowest BCUT2D eigenvalue weighted by atomic mass is 10.1. The molecule has 0 bridgehead atoms. The van der Waals surface area contributed by atoms with Gasteiger partial charge in [-0.15, -0.1) is 0 Å². The summed E-state index contributed by atoms with van der Waals surface area (Å²) >= 11 is 6.09. The molecule has 2 aromatic rings. The van der Waals surface area contributed by atoms with E-state index in [1.165, 1.54) is 0 Å². The van der Waals surface area contributed by atoms with Gasteiger partial charge in [0, 0.05) is 6.54 Å². The van der Waals surface area contributed by atoms with Gasteiger partial charge in [-0.05, 0) is 43.5 Å². The largest absolute Gasteiger partial charge is 0.494 e. The highest BCUT2D eigenvalue weighted by Gasteiger charge is 2.22. The number of benzene rings is 2. The Labute approximate surface area is 171 Å². The maximum Gasteiger partial charge on any atom is 0.240 e. The molecule has 0 aliphatic rings. The van der Waals surface area contributed by atoms with E-state index in [1.807, 2.05) is 31.2 Å². The van der Waals surface area contributed by atoms with E-state index in [4.69, 9.17) is 16.3 Å². The topological polar surface area (TPSA) is 75.7 Å². The summed E-state index contributed by atoms with van der Waals surface area (Å²) in [6.45, 7) is 2.64. The first kappa shape index (κ1) is 22.0. The third-order valence-corrected chi connectivity index (χ3v) is 5.47. The summed E-state index contributed by atoms with van der Waals surface area (Å²) in [7, 11) is -3.65. The molecule has 0 radical (unpaired) electrons. The number of nitrogens with zero attached hydrogens (tertiary/aromatic N) is 1. The zero-order valence-corrected chi connectivity index (χ0v) is 17.6. The van der Waals surface area contributed by atoms with E-state index in [1.54, 1.807) is 24.3 Å². The number of halogens is 1.